The van der Waals surface area contributed by atoms with Gasteiger partial charge < -0.3 is 5.32 Å². The van der Waals surface area contributed by atoms with E-state index >= 15 is 0 Å². The van der Waals surface area contributed by atoms with Gasteiger partial charge in [0.2, 0.25) is 0 Å². The highest BCUT2D eigenvalue weighted by molar-refractivity contribution is 5.45. The molecule has 3 heteroatoms. The van der Waals surface area contributed by atoms with E-state index in [2.05, 4.69) is 19.2 Å². The molecule has 0 spiro atoms. The number of hydrogen-bond acceptors (Lipinski definition) is 1. The summed E-state index contributed by atoms with van der Waals surface area (Å²) < 4.78 is 26.7. The van der Waals surface area contributed by atoms with Crippen LogP contribution in [0.5, 0.6) is 0 Å². The van der Waals surface area contributed by atoms with Crippen LogP contribution in [0.1, 0.15) is 39.5 Å². The molecule has 100 valence electrons. The maximum Gasteiger partial charge on any atom is 0.146 e. The molecule has 0 amide bonds. The Morgan fingerprint density at radius 1 is 1.22 bits per heavy atom. The first-order valence-corrected chi connectivity index (χ1v) is 6.78. The zero-order chi connectivity index (χ0) is 13.1. The van der Waals surface area contributed by atoms with E-state index in [1.165, 1.54) is 18.6 Å². The summed E-state index contributed by atoms with van der Waals surface area (Å²) in [5.74, 6) is 0.581. The fourth-order valence-electron chi connectivity index (χ4n) is 2.79. The monoisotopic (exact) mass is 253 g/mol. The van der Waals surface area contributed by atoms with E-state index in [1.54, 1.807) is 0 Å². The van der Waals surface area contributed by atoms with Gasteiger partial charge in [-0.25, -0.2) is 8.78 Å². The van der Waals surface area contributed by atoms with Crippen LogP contribution >= 0.6 is 0 Å². The van der Waals surface area contributed by atoms with Gasteiger partial charge in [0, 0.05) is 6.04 Å². The summed E-state index contributed by atoms with van der Waals surface area (Å²) >= 11 is 0. The van der Waals surface area contributed by atoms with Crippen LogP contribution in [-0.4, -0.2) is 6.04 Å². The van der Waals surface area contributed by atoms with Crippen molar-refractivity contribution >= 4 is 5.69 Å². The summed E-state index contributed by atoms with van der Waals surface area (Å²) in [6, 6.07) is 3.84. The third-order valence-corrected chi connectivity index (χ3v) is 3.95. The van der Waals surface area contributed by atoms with Crippen molar-refractivity contribution in [1.29, 1.82) is 0 Å². The zero-order valence-corrected chi connectivity index (χ0v) is 11.0. The van der Waals surface area contributed by atoms with Crippen molar-refractivity contribution in [2.24, 2.45) is 11.8 Å². The van der Waals surface area contributed by atoms with Crippen LogP contribution in [0, 0.1) is 23.5 Å². The molecule has 0 aliphatic heterocycles. The molecule has 1 saturated carbocycles. The Morgan fingerprint density at radius 3 is 2.72 bits per heavy atom. The van der Waals surface area contributed by atoms with Crippen LogP contribution in [0.4, 0.5) is 14.5 Å². The normalized spacial score (nSPS) is 24.3. The maximum absolute atomic E-state index is 13.6. The molecule has 1 aliphatic carbocycles. The van der Waals surface area contributed by atoms with Gasteiger partial charge in [-0.3, -0.25) is 0 Å². The smallest absolute Gasteiger partial charge is 0.146 e. The lowest BCUT2D eigenvalue weighted by Gasteiger charge is -2.32. The van der Waals surface area contributed by atoms with E-state index in [9.17, 15) is 8.78 Å². The molecule has 0 radical (unpaired) electrons. The Hall–Kier alpha value is -1.12. The lowest BCUT2D eigenvalue weighted by molar-refractivity contribution is 0.264. The van der Waals surface area contributed by atoms with Crippen molar-refractivity contribution in [2.45, 2.75) is 45.6 Å². The molecule has 1 nitrogen and oxygen atoms in total. The van der Waals surface area contributed by atoms with E-state index in [-0.39, 0.29) is 11.9 Å². The van der Waals surface area contributed by atoms with Crippen LogP contribution in [-0.2, 0) is 0 Å². The van der Waals surface area contributed by atoms with Gasteiger partial charge in [0.05, 0.1) is 5.69 Å². The number of anilines is 1. The first-order valence-electron chi connectivity index (χ1n) is 6.78. The first-order chi connectivity index (χ1) is 8.56. The van der Waals surface area contributed by atoms with Gasteiger partial charge >= 0.3 is 0 Å². The van der Waals surface area contributed by atoms with Gasteiger partial charge in [-0.1, -0.05) is 26.7 Å². The van der Waals surface area contributed by atoms with Crippen LogP contribution in [0.2, 0.25) is 0 Å². The minimum absolute atomic E-state index is 0.266. The van der Waals surface area contributed by atoms with Crippen molar-refractivity contribution in [3.05, 3.63) is 29.8 Å². The summed E-state index contributed by atoms with van der Waals surface area (Å²) in [6.07, 6.45) is 4.51. The van der Waals surface area contributed by atoms with E-state index in [1.807, 2.05) is 0 Å². The first kappa shape index (κ1) is 13.3. The Kier molecular flexibility index (Phi) is 4.20. The quantitative estimate of drug-likeness (QED) is 0.830. The van der Waals surface area contributed by atoms with Crippen LogP contribution in [0.15, 0.2) is 18.2 Å². The molecule has 1 aromatic rings. The largest absolute Gasteiger partial charge is 0.380 e. The number of nitrogens with one attached hydrogen (secondary N) is 1. The molecule has 1 aliphatic rings. The average molecular weight is 253 g/mol. The van der Waals surface area contributed by atoms with Gasteiger partial charge in [0.15, 0.2) is 0 Å². The summed E-state index contributed by atoms with van der Waals surface area (Å²) in [7, 11) is 0. The van der Waals surface area contributed by atoms with E-state index in [0.29, 0.717) is 17.5 Å². The molecule has 1 aromatic carbocycles. The molecule has 1 N–H and O–H groups in total. The standard InChI is InChI=1S/C15H21F2N/c1-10(2)11-4-3-5-13(8-11)18-15-9-12(16)6-7-14(15)17/h6-7,9-11,13,18H,3-5,8H2,1-2H3. The fraction of sp³-hybridized carbons (Fsp3) is 0.600. The van der Waals surface area contributed by atoms with Gasteiger partial charge in [0.25, 0.3) is 0 Å². The van der Waals surface area contributed by atoms with Gasteiger partial charge in [-0.2, -0.15) is 0 Å². The van der Waals surface area contributed by atoms with Crippen molar-refractivity contribution in [3.63, 3.8) is 0 Å². The summed E-state index contributed by atoms with van der Waals surface area (Å²) in [5.41, 5.74) is 0.296. The fourth-order valence-corrected chi connectivity index (χ4v) is 2.79. The lowest BCUT2D eigenvalue weighted by atomic mass is 9.79. The van der Waals surface area contributed by atoms with Crippen molar-refractivity contribution in [2.75, 3.05) is 5.32 Å². The number of rotatable bonds is 3. The van der Waals surface area contributed by atoms with Crippen LogP contribution < -0.4 is 5.32 Å². The third kappa shape index (κ3) is 3.21. The second-order valence-corrected chi connectivity index (χ2v) is 5.64. The molecule has 1 fully saturated rings. The minimum Gasteiger partial charge on any atom is -0.380 e. The second-order valence-electron chi connectivity index (χ2n) is 5.64. The molecule has 0 bridgehead atoms. The summed E-state index contributed by atoms with van der Waals surface area (Å²) in [6.45, 7) is 4.46. The van der Waals surface area contributed by atoms with Gasteiger partial charge in [-0.05, 0) is 42.9 Å². The molecule has 2 rings (SSSR count). The van der Waals surface area contributed by atoms with Gasteiger partial charge in [0.1, 0.15) is 11.6 Å². The Bertz CT molecular complexity index is 403. The van der Waals surface area contributed by atoms with Crippen LogP contribution in [0.3, 0.4) is 0 Å². The molecule has 0 aromatic heterocycles. The molecule has 18 heavy (non-hydrogen) atoms. The summed E-state index contributed by atoms with van der Waals surface area (Å²) in [4.78, 5) is 0. The summed E-state index contributed by atoms with van der Waals surface area (Å²) in [5, 5.41) is 3.16. The average Bonchev–Trinajstić information content (AvgIpc) is 2.34. The molecule has 2 unspecified atom stereocenters. The number of halogens is 2. The molecule has 0 saturated heterocycles. The van der Waals surface area contributed by atoms with E-state index in [0.717, 1.165) is 25.3 Å². The second kappa shape index (κ2) is 5.68. The van der Waals surface area contributed by atoms with Gasteiger partial charge in [-0.15, -0.1) is 0 Å². The Morgan fingerprint density at radius 2 is 2.00 bits per heavy atom. The SMILES string of the molecule is CC(C)C1CCCC(Nc2cc(F)ccc2F)C1. The molecular formula is C15H21F2N. The lowest BCUT2D eigenvalue weighted by Crippen LogP contribution is -2.29. The predicted molar refractivity (Wildman–Crippen MR) is 70.6 cm³/mol. The third-order valence-electron chi connectivity index (χ3n) is 3.95. The highest BCUT2D eigenvalue weighted by Crippen LogP contribution is 2.32. The topological polar surface area (TPSA) is 12.0 Å². The van der Waals surface area contributed by atoms with Crippen molar-refractivity contribution in [3.8, 4) is 0 Å². The van der Waals surface area contributed by atoms with Crippen molar-refractivity contribution < 1.29 is 8.78 Å². The predicted octanol–water partition coefficient (Wildman–Crippen LogP) is 4.59. The Labute approximate surface area is 108 Å². The van der Waals surface area contributed by atoms with Crippen LogP contribution in [0.25, 0.3) is 0 Å². The minimum atomic E-state index is -0.393. The molecule has 0 heterocycles. The zero-order valence-electron chi connectivity index (χ0n) is 11.0. The van der Waals surface area contributed by atoms with Crippen molar-refractivity contribution in [1.82, 2.24) is 0 Å². The maximum atomic E-state index is 13.6. The highest BCUT2D eigenvalue weighted by atomic mass is 19.1. The van der Waals surface area contributed by atoms with E-state index < -0.39 is 5.82 Å². The molecular weight excluding hydrogens is 232 g/mol. The Balaban J connectivity index is 2.02. The van der Waals surface area contributed by atoms with E-state index in [4.69, 9.17) is 0 Å². The number of benzene rings is 1. The molecule has 2 atom stereocenters. The highest BCUT2D eigenvalue weighted by Gasteiger charge is 2.24. The number of hydrogen-bond donors (Lipinski definition) is 1.